The predicted octanol–water partition coefficient (Wildman–Crippen LogP) is 0.955. The molecule has 1 saturated heterocycles. The van der Waals surface area contributed by atoms with Crippen LogP contribution in [-0.2, 0) is 25.5 Å². The van der Waals surface area contributed by atoms with Gasteiger partial charge in [-0.1, -0.05) is 0 Å². The third kappa shape index (κ3) is 3.44. The molecule has 2 heterocycles. The van der Waals surface area contributed by atoms with Gasteiger partial charge >= 0.3 is 17.6 Å². The van der Waals surface area contributed by atoms with E-state index < -0.39 is 23.5 Å². The lowest BCUT2D eigenvalue weighted by Gasteiger charge is -2.24. The number of fused-ring (bicyclic) bond motifs is 1. The van der Waals surface area contributed by atoms with Crippen molar-refractivity contribution in [2.75, 3.05) is 20.2 Å². The van der Waals surface area contributed by atoms with E-state index in [-0.39, 0.29) is 25.9 Å². The van der Waals surface area contributed by atoms with Crippen molar-refractivity contribution in [1.82, 2.24) is 4.90 Å². The molecule has 0 bridgehead atoms. The zero-order valence-corrected chi connectivity index (χ0v) is 14.4. The minimum Gasteiger partial charge on any atom is -0.497 e. The normalized spacial score (nSPS) is 14.5. The summed E-state index contributed by atoms with van der Waals surface area (Å²) in [6, 6.07) is 5.18. The van der Waals surface area contributed by atoms with Crippen molar-refractivity contribution in [1.29, 1.82) is 0 Å². The minimum absolute atomic E-state index is 0.0200. The van der Waals surface area contributed by atoms with E-state index in [1.54, 1.807) is 25.1 Å². The average molecular weight is 359 g/mol. The maximum Gasteiger partial charge on any atom is 0.339 e. The number of hydrogen-bond acceptors (Lipinski definition) is 7. The summed E-state index contributed by atoms with van der Waals surface area (Å²) in [7, 11) is 1.52. The zero-order valence-electron chi connectivity index (χ0n) is 14.4. The third-order valence-electron chi connectivity index (χ3n) is 4.30. The van der Waals surface area contributed by atoms with Gasteiger partial charge in [-0.15, -0.1) is 0 Å². The van der Waals surface area contributed by atoms with Crippen LogP contribution in [0.25, 0.3) is 11.0 Å². The van der Waals surface area contributed by atoms with E-state index in [1.165, 1.54) is 7.11 Å². The first kappa shape index (κ1) is 17.7. The second-order valence-electron chi connectivity index (χ2n) is 5.95. The number of carbonyl (C=O) groups excluding carboxylic acids is 3. The summed E-state index contributed by atoms with van der Waals surface area (Å²) in [6.07, 6.45) is 0.128. The van der Waals surface area contributed by atoms with Crippen LogP contribution in [0.4, 0.5) is 0 Å². The Morgan fingerprint density at radius 3 is 2.54 bits per heavy atom. The van der Waals surface area contributed by atoms with Crippen molar-refractivity contribution < 1.29 is 28.3 Å². The van der Waals surface area contributed by atoms with Gasteiger partial charge in [0.05, 0.1) is 7.11 Å². The van der Waals surface area contributed by atoms with Crippen molar-refractivity contribution in [3.63, 3.8) is 0 Å². The van der Waals surface area contributed by atoms with E-state index in [4.69, 9.17) is 9.15 Å². The molecule has 0 N–H and O–H groups in total. The smallest absolute Gasteiger partial charge is 0.339 e. The topological polar surface area (TPSA) is 103 Å². The van der Waals surface area contributed by atoms with E-state index in [0.717, 1.165) is 15.8 Å². The second-order valence-corrected chi connectivity index (χ2v) is 5.95. The summed E-state index contributed by atoms with van der Waals surface area (Å²) >= 11 is 0. The predicted molar refractivity (Wildman–Crippen MR) is 89.8 cm³/mol. The largest absolute Gasteiger partial charge is 0.497 e. The lowest BCUT2D eigenvalue weighted by atomic mass is 10.0. The number of nitrogens with zero attached hydrogens (tertiary/aromatic N) is 1. The van der Waals surface area contributed by atoms with Crippen molar-refractivity contribution in [3.05, 3.63) is 39.7 Å². The highest BCUT2D eigenvalue weighted by Crippen LogP contribution is 2.24. The molecule has 3 rings (SSSR count). The van der Waals surface area contributed by atoms with Gasteiger partial charge in [-0.05, 0) is 31.0 Å². The van der Waals surface area contributed by atoms with Gasteiger partial charge in [-0.3, -0.25) is 4.79 Å². The van der Waals surface area contributed by atoms with Crippen molar-refractivity contribution in [2.24, 2.45) is 0 Å². The number of rotatable bonds is 4. The lowest BCUT2D eigenvalue weighted by molar-refractivity contribution is -0.170. The van der Waals surface area contributed by atoms with Crippen LogP contribution in [0.3, 0.4) is 0 Å². The summed E-state index contributed by atoms with van der Waals surface area (Å²) in [5.74, 6) is -1.34. The zero-order chi connectivity index (χ0) is 18.8. The quantitative estimate of drug-likeness (QED) is 0.455. The van der Waals surface area contributed by atoms with Gasteiger partial charge in [-0.25, -0.2) is 14.4 Å². The Kier molecular flexibility index (Phi) is 4.75. The molecule has 136 valence electrons. The van der Waals surface area contributed by atoms with Crippen LogP contribution in [0.2, 0.25) is 0 Å². The highest BCUT2D eigenvalue weighted by atomic mass is 16.6. The van der Waals surface area contributed by atoms with Gasteiger partial charge < -0.3 is 18.8 Å². The number of carbonyl (C=O) groups is 3. The first-order valence-electron chi connectivity index (χ1n) is 8.00. The standard InChI is InChI=1S/C18H17NO7/c1-10-12-4-3-11(24-2)7-14(12)25-18(23)13(10)5-6-15(20)19-8-16(21)26-17(22)9-19/h3-4,7H,5-6,8-9H2,1-2H3. The van der Waals surface area contributed by atoms with Crippen molar-refractivity contribution >= 4 is 28.8 Å². The number of methoxy groups -OCH3 is 1. The number of ether oxygens (including phenoxy) is 2. The molecule has 0 aliphatic carbocycles. The second kappa shape index (κ2) is 6.99. The molecular weight excluding hydrogens is 342 g/mol. The van der Waals surface area contributed by atoms with Crippen LogP contribution < -0.4 is 10.4 Å². The maximum absolute atomic E-state index is 12.3. The van der Waals surface area contributed by atoms with Gasteiger partial charge in [0.2, 0.25) is 5.91 Å². The highest BCUT2D eigenvalue weighted by Gasteiger charge is 2.28. The van der Waals surface area contributed by atoms with Crippen molar-refractivity contribution in [2.45, 2.75) is 19.8 Å². The van der Waals surface area contributed by atoms with Gasteiger partial charge in [0.1, 0.15) is 24.4 Å². The van der Waals surface area contributed by atoms with Crippen LogP contribution in [0.1, 0.15) is 17.5 Å². The molecule has 26 heavy (non-hydrogen) atoms. The van der Waals surface area contributed by atoms with E-state index in [2.05, 4.69) is 4.74 Å². The van der Waals surface area contributed by atoms with Gasteiger partial charge in [0, 0.05) is 23.4 Å². The molecule has 0 saturated carbocycles. The Balaban J connectivity index is 1.80. The number of amides is 1. The third-order valence-corrected chi connectivity index (χ3v) is 4.30. The molecule has 8 heteroatoms. The van der Waals surface area contributed by atoms with E-state index in [9.17, 15) is 19.2 Å². The first-order valence-corrected chi connectivity index (χ1v) is 8.00. The Labute approximate surface area is 148 Å². The molecule has 1 amide bonds. The molecule has 1 aliphatic rings. The molecule has 1 fully saturated rings. The van der Waals surface area contributed by atoms with Gasteiger partial charge in [-0.2, -0.15) is 0 Å². The number of morpholine rings is 1. The van der Waals surface area contributed by atoms with E-state index >= 15 is 0 Å². The first-order chi connectivity index (χ1) is 12.4. The van der Waals surface area contributed by atoms with E-state index in [1.807, 2.05) is 0 Å². The average Bonchev–Trinajstić information content (AvgIpc) is 2.59. The molecule has 1 aromatic carbocycles. The molecule has 1 aromatic heterocycles. The SMILES string of the molecule is COc1ccc2c(C)c(CCC(=O)N3CC(=O)OC(=O)C3)c(=O)oc2c1. The van der Waals surface area contributed by atoms with Crippen LogP contribution >= 0.6 is 0 Å². The fraction of sp³-hybridized carbons (Fsp3) is 0.333. The fourth-order valence-corrected chi connectivity index (χ4v) is 2.92. The Morgan fingerprint density at radius 2 is 1.88 bits per heavy atom. The number of cyclic esters (lactones) is 2. The summed E-state index contributed by atoms with van der Waals surface area (Å²) in [5, 5.41) is 0.754. The van der Waals surface area contributed by atoms with Crippen LogP contribution in [0.15, 0.2) is 27.4 Å². The summed E-state index contributed by atoms with van der Waals surface area (Å²) in [5.41, 5.74) is 0.999. The van der Waals surface area contributed by atoms with Crippen LogP contribution in [0.5, 0.6) is 5.75 Å². The molecule has 2 aromatic rings. The monoisotopic (exact) mass is 359 g/mol. The maximum atomic E-state index is 12.3. The van der Waals surface area contributed by atoms with E-state index in [0.29, 0.717) is 16.9 Å². The molecule has 0 unspecified atom stereocenters. The van der Waals surface area contributed by atoms with Gasteiger partial charge in [0.25, 0.3) is 0 Å². The number of benzene rings is 1. The minimum atomic E-state index is -0.759. The summed E-state index contributed by atoms with van der Waals surface area (Å²) in [6.45, 7) is 1.25. The Bertz CT molecular complexity index is 944. The fourth-order valence-electron chi connectivity index (χ4n) is 2.92. The summed E-state index contributed by atoms with van der Waals surface area (Å²) < 4.78 is 14.8. The van der Waals surface area contributed by atoms with Crippen molar-refractivity contribution in [3.8, 4) is 5.75 Å². The molecule has 0 spiro atoms. The molecule has 0 atom stereocenters. The Morgan fingerprint density at radius 1 is 1.19 bits per heavy atom. The number of aryl methyl sites for hydroxylation is 1. The number of esters is 2. The molecule has 8 nitrogen and oxygen atoms in total. The lowest BCUT2D eigenvalue weighted by Crippen LogP contribution is -2.46. The molecule has 1 aliphatic heterocycles. The number of hydrogen-bond donors (Lipinski definition) is 0. The summed E-state index contributed by atoms with van der Waals surface area (Å²) in [4.78, 5) is 48.2. The Hall–Kier alpha value is -3.16. The van der Waals surface area contributed by atoms with Crippen LogP contribution in [0, 0.1) is 6.92 Å². The van der Waals surface area contributed by atoms with Crippen LogP contribution in [-0.4, -0.2) is 42.9 Å². The molecule has 0 radical (unpaired) electrons. The molecular formula is C18H17NO7. The van der Waals surface area contributed by atoms with Gasteiger partial charge in [0.15, 0.2) is 0 Å². The highest BCUT2D eigenvalue weighted by molar-refractivity contribution is 5.95.